The third-order valence-corrected chi connectivity index (χ3v) is 8.94. The van der Waals surface area contributed by atoms with Crippen LogP contribution in [0, 0.1) is 6.92 Å². The highest BCUT2D eigenvalue weighted by molar-refractivity contribution is 7.91. The van der Waals surface area contributed by atoms with Crippen molar-refractivity contribution >= 4 is 63.8 Å². The number of halogens is 2. The molecular weight excluding hydrogens is 577 g/mol. The second kappa shape index (κ2) is 12.4. The average molecular weight is 601 g/mol. The number of carbonyl (C=O) groups is 1. The van der Waals surface area contributed by atoms with Crippen LogP contribution in [0.3, 0.4) is 0 Å². The van der Waals surface area contributed by atoms with E-state index in [9.17, 15) is 13.2 Å². The molecule has 1 N–H and O–H groups in total. The van der Waals surface area contributed by atoms with Gasteiger partial charge in [0.1, 0.15) is 16.6 Å². The molecule has 15 heteroatoms. The third kappa shape index (κ3) is 7.12. The van der Waals surface area contributed by atoms with Gasteiger partial charge >= 0.3 is 0 Å². The SMILES string of the molecule is CCC(NS(=O)(=O)c1ccc(-c2ccnc(C)n2)s1)C(=O)Cn1nnc(Cc2c(Cl)cccc2Cl)n1.S. The van der Waals surface area contributed by atoms with Crippen LogP contribution < -0.4 is 4.72 Å². The molecule has 0 aliphatic rings. The largest absolute Gasteiger partial charge is 0.296 e. The Kier molecular flexibility index (Phi) is 9.78. The maximum absolute atomic E-state index is 13.0. The molecule has 196 valence electrons. The molecule has 0 aliphatic heterocycles. The fourth-order valence-electron chi connectivity index (χ4n) is 3.34. The molecule has 3 aromatic heterocycles. The number of thiophene rings is 1. The smallest absolute Gasteiger partial charge is 0.250 e. The van der Waals surface area contributed by atoms with Crippen molar-refractivity contribution in [2.45, 2.75) is 43.5 Å². The first-order chi connectivity index (χ1) is 17.2. The van der Waals surface area contributed by atoms with E-state index in [1.165, 1.54) is 6.07 Å². The van der Waals surface area contributed by atoms with Gasteiger partial charge in [0.2, 0.25) is 0 Å². The summed E-state index contributed by atoms with van der Waals surface area (Å²) in [5.74, 6) is 0.515. The van der Waals surface area contributed by atoms with Crippen molar-refractivity contribution in [1.82, 2.24) is 34.9 Å². The van der Waals surface area contributed by atoms with Crippen LogP contribution in [0.1, 0.15) is 30.6 Å². The number of rotatable bonds is 10. The van der Waals surface area contributed by atoms with E-state index >= 15 is 0 Å². The van der Waals surface area contributed by atoms with Gasteiger partial charge in [-0.2, -0.15) is 23.0 Å². The lowest BCUT2D eigenvalue weighted by Crippen LogP contribution is -2.41. The number of hydrogen-bond acceptors (Lipinski definition) is 9. The molecule has 0 fully saturated rings. The molecule has 0 saturated heterocycles. The number of aryl methyl sites for hydroxylation is 1. The van der Waals surface area contributed by atoms with Crippen molar-refractivity contribution < 1.29 is 13.2 Å². The summed E-state index contributed by atoms with van der Waals surface area (Å²) < 4.78 is 28.5. The van der Waals surface area contributed by atoms with Crippen molar-refractivity contribution in [2.24, 2.45) is 0 Å². The van der Waals surface area contributed by atoms with E-state index < -0.39 is 21.8 Å². The third-order valence-electron chi connectivity index (χ3n) is 5.16. The van der Waals surface area contributed by atoms with Crippen molar-refractivity contribution in [1.29, 1.82) is 0 Å². The zero-order valence-electron chi connectivity index (χ0n) is 19.7. The molecular formula is C22H23Cl2N7O3S3. The number of hydrogen-bond donors (Lipinski definition) is 1. The van der Waals surface area contributed by atoms with Crippen LogP contribution in [0.4, 0.5) is 0 Å². The summed E-state index contributed by atoms with van der Waals surface area (Å²) in [4.78, 5) is 23.1. The van der Waals surface area contributed by atoms with Crippen LogP contribution in [0.5, 0.6) is 0 Å². The number of benzene rings is 1. The van der Waals surface area contributed by atoms with Crippen LogP contribution in [0.15, 0.2) is 46.8 Å². The van der Waals surface area contributed by atoms with Crippen molar-refractivity contribution in [3.63, 3.8) is 0 Å². The molecule has 0 saturated carbocycles. The summed E-state index contributed by atoms with van der Waals surface area (Å²) >= 11 is 13.5. The second-order valence-corrected chi connectivity index (χ2v) is 11.6. The maximum Gasteiger partial charge on any atom is 0.250 e. The Balaban J connectivity index is 0.00000380. The number of Topliss-reactive ketones (excluding diaryl/α,β-unsaturated/α-hetero) is 1. The standard InChI is InChI=1S/C22H21Cl2N7O3S2.H2S/c1-3-17(29-36(33,34)22-8-7-20(35-22)18-9-10-25-13(2)26-18)19(32)12-31-28-21(27-30-31)11-14-15(23)5-4-6-16(14)24;/h4-10,17,29H,3,11-12H2,1-2H3;1H2. The Labute approximate surface area is 234 Å². The predicted octanol–water partition coefficient (Wildman–Crippen LogP) is 3.84. The number of carbonyl (C=O) groups excluding carboxylic acids is 1. The summed E-state index contributed by atoms with van der Waals surface area (Å²) in [5, 5.41) is 13.0. The minimum atomic E-state index is -3.94. The van der Waals surface area contributed by atoms with Crippen molar-refractivity contribution in [2.75, 3.05) is 0 Å². The lowest BCUT2D eigenvalue weighted by atomic mass is 10.1. The van der Waals surface area contributed by atoms with Crippen LogP contribution >= 0.6 is 48.0 Å². The monoisotopic (exact) mass is 599 g/mol. The molecule has 0 radical (unpaired) electrons. The summed E-state index contributed by atoms with van der Waals surface area (Å²) in [5.41, 5.74) is 1.28. The van der Waals surface area contributed by atoms with E-state index in [1.807, 2.05) is 0 Å². The van der Waals surface area contributed by atoms with Gasteiger partial charge in [0.05, 0.1) is 16.6 Å². The average Bonchev–Trinajstić information content (AvgIpc) is 3.50. The first-order valence-electron chi connectivity index (χ1n) is 10.8. The minimum absolute atomic E-state index is 0. The normalized spacial score (nSPS) is 12.2. The molecule has 0 bridgehead atoms. The van der Waals surface area contributed by atoms with Gasteiger partial charge in [-0.25, -0.2) is 18.4 Å². The van der Waals surface area contributed by atoms with Gasteiger partial charge in [0.25, 0.3) is 10.0 Å². The van der Waals surface area contributed by atoms with Gasteiger partial charge in [0, 0.05) is 22.7 Å². The lowest BCUT2D eigenvalue weighted by Gasteiger charge is -2.14. The summed E-state index contributed by atoms with van der Waals surface area (Å²) in [7, 11) is -3.94. The number of tetrazole rings is 1. The van der Waals surface area contributed by atoms with Crippen LogP contribution in [0.2, 0.25) is 10.0 Å². The second-order valence-electron chi connectivity index (χ2n) is 7.77. The zero-order chi connectivity index (χ0) is 25.9. The van der Waals surface area contributed by atoms with Gasteiger partial charge in [-0.3, -0.25) is 4.79 Å². The Morgan fingerprint density at radius 2 is 1.89 bits per heavy atom. The first kappa shape index (κ1) is 29.1. The van der Waals surface area contributed by atoms with Crippen LogP contribution in [-0.4, -0.2) is 50.4 Å². The molecule has 3 heterocycles. The molecule has 4 aromatic rings. The minimum Gasteiger partial charge on any atom is -0.296 e. The molecule has 4 rings (SSSR count). The number of nitrogens with one attached hydrogen (secondary N) is 1. The molecule has 0 aliphatic carbocycles. The van der Waals surface area contributed by atoms with E-state index in [4.69, 9.17) is 23.2 Å². The Bertz CT molecular complexity index is 1490. The molecule has 0 spiro atoms. The highest BCUT2D eigenvalue weighted by Crippen LogP contribution is 2.30. The van der Waals surface area contributed by atoms with Crippen LogP contribution in [-0.2, 0) is 27.8 Å². The van der Waals surface area contributed by atoms with Gasteiger partial charge < -0.3 is 0 Å². The Morgan fingerprint density at radius 1 is 1.16 bits per heavy atom. The van der Waals surface area contributed by atoms with Gasteiger partial charge in [0.15, 0.2) is 11.6 Å². The zero-order valence-corrected chi connectivity index (χ0v) is 23.9. The van der Waals surface area contributed by atoms with E-state index in [0.29, 0.717) is 37.8 Å². The van der Waals surface area contributed by atoms with E-state index in [2.05, 4.69) is 30.1 Å². The summed E-state index contributed by atoms with van der Waals surface area (Å²) in [6, 6.07) is 9.06. The Hall–Kier alpha value is -2.42. The Morgan fingerprint density at radius 3 is 2.57 bits per heavy atom. The summed E-state index contributed by atoms with van der Waals surface area (Å²) in [6.45, 7) is 3.22. The maximum atomic E-state index is 13.0. The number of ketones is 1. The highest BCUT2D eigenvalue weighted by Gasteiger charge is 2.26. The van der Waals surface area contributed by atoms with Crippen molar-refractivity contribution in [3.05, 3.63) is 69.9 Å². The van der Waals surface area contributed by atoms with Crippen LogP contribution in [0.25, 0.3) is 10.6 Å². The van der Waals surface area contributed by atoms with Gasteiger partial charge in [-0.1, -0.05) is 36.2 Å². The number of nitrogens with zero attached hydrogens (tertiary/aromatic N) is 6. The molecule has 1 unspecified atom stereocenters. The molecule has 10 nitrogen and oxygen atoms in total. The molecule has 1 aromatic carbocycles. The molecule has 1 atom stereocenters. The van der Waals surface area contributed by atoms with E-state index in [-0.39, 0.29) is 37.1 Å². The quantitative estimate of drug-likeness (QED) is 0.291. The number of aromatic nitrogens is 6. The van der Waals surface area contributed by atoms with E-state index in [1.54, 1.807) is 50.4 Å². The fourth-order valence-corrected chi connectivity index (χ4v) is 6.47. The number of sulfonamides is 1. The van der Waals surface area contributed by atoms with Gasteiger partial charge in [-0.15, -0.1) is 21.5 Å². The molecule has 37 heavy (non-hydrogen) atoms. The first-order valence-corrected chi connectivity index (χ1v) is 13.9. The van der Waals surface area contributed by atoms with E-state index in [0.717, 1.165) is 16.1 Å². The highest BCUT2D eigenvalue weighted by atomic mass is 35.5. The van der Waals surface area contributed by atoms with Crippen molar-refractivity contribution in [3.8, 4) is 10.6 Å². The van der Waals surface area contributed by atoms with Gasteiger partial charge in [-0.05, 0) is 54.5 Å². The lowest BCUT2D eigenvalue weighted by molar-refractivity contribution is -0.121. The fraction of sp³-hybridized carbons (Fsp3) is 0.273. The predicted molar refractivity (Wildman–Crippen MR) is 147 cm³/mol. The topological polar surface area (TPSA) is 133 Å². The summed E-state index contributed by atoms with van der Waals surface area (Å²) in [6.07, 6.45) is 2.10. The molecule has 0 amide bonds.